The van der Waals surface area contributed by atoms with Crippen LogP contribution in [0.15, 0.2) is 42.5 Å². The van der Waals surface area contributed by atoms with Crippen LogP contribution < -0.4 is 24.4 Å². The van der Waals surface area contributed by atoms with E-state index in [0.717, 1.165) is 0 Å². The van der Waals surface area contributed by atoms with Gasteiger partial charge in [-0.05, 0) is 45.0 Å². The highest BCUT2D eigenvalue weighted by Gasteiger charge is 2.37. The monoisotopic (exact) mass is 398 g/mol. The van der Waals surface area contributed by atoms with Crippen LogP contribution in [-0.4, -0.2) is 38.7 Å². The third-order valence-electron chi connectivity index (χ3n) is 4.67. The zero-order valence-corrected chi connectivity index (χ0v) is 17.2. The Morgan fingerprint density at radius 1 is 1.21 bits per heavy atom. The number of anilines is 2. The maximum absolute atomic E-state index is 12.7. The van der Waals surface area contributed by atoms with E-state index in [-0.39, 0.29) is 25.0 Å². The highest BCUT2D eigenvalue weighted by Crippen LogP contribution is 2.38. The van der Waals surface area contributed by atoms with Crippen LogP contribution in [0.4, 0.5) is 11.4 Å². The first-order valence-corrected chi connectivity index (χ1v) is 9.49. The summed E-state index contributed by atoms with van der Waals surface area (Å²) in [7, 11) is 1.57. The number of rotatable bonds is 6. The summed E-state index contributed by atoms with van der Waals surface area (Å²) in [5.41, 5.74) is 0.656. The van der Waals surface area contributed by atoms with E-state index in [1.54, 1.807) is 54.5 Å². The second-order valence-electron chi connectivity index (χ2n) is 7.42. The number of carbonyl (C=O) groups excluding carboxylic acids is 2. The second-order valence-corrected chi connectivity index (χ2v) is 7.42. The van der Waals surface area contributed by atoms with Crippen LogP contribution in [0.2, 0.25) is 0 Å². The molecule has 0 aromatic heterocycles. The van der Waals surface area contributed by atoms with Crippen molar-refractivity contribution in [3.05, 3.63) is 42.5 Å². The Kier molecular flexibility index (Phi) is 5.96. The number of hydrogen-bond acceptors (Lipinski definition) is 5. The van der Waals surface area contributed by atoms with Gasteiger partial charge in [0.1, 0.15) is 23.9 Å². The van der Waals surface area contributed by atoms with E-state index in [1.807, 2.05) is 20.8 Å². The lowest BCUT2D eigenvalue weighted by molar-refractivity contribution is -0.127. The van der Waals surface area contributed by atoms with Gasteiger partial charge in [0.05, 0.1) is 18.2 Å². The van der Waals surface area contributed by atoms with E-state index in [0.29, 0.717) is 35.2 Å². The van der Waals surface area contributed by atoms with E-state index >= 15 is 0 Å². The number of hydrogen-bond donors (Lipinski definition) is 1. The lowest BCUT2D eigenvalue weighted by Crippen LogP contribution is -2.42. The van der Waals surface area contributed by atoms with Gasteiger partial charge in [0, 0.05) is 24.4 Å². The number of carbonyl (C=O) groups is 2. The maximum Gasteiger partial charge on any atom is 0.262 e. The zero-order chi connectivity index (χ0) is 21.0. The minimum Gasteiger partial charge on any atom is -0.497 e. The summed E-state index contributed by atoms with van der Waals surface area (Å²) in [6.07, 6.45) is 0. The molecule has 2 aromatic rings. The molecule has 2 aromatic carbocycles. The molecule has 1 aliphatic heterocycles. The molecule has 7 heteroatoms. The summed E-state index contributed by atoms with van der Waals surface area (Å²) in [5, 5.41) is 2.80. The predicted molar refractivity (Wildman–Crippen MR) is 111 cm³/mol. The molecule has 1 aliphatic rings. The van der Waals surface area contributed by atoms with Gasteiger partial charge in [-0.1, -0.05) is 6.07 Å². The van der Waals surface area contributed by atoms with Crippen molar-refractivity contribution in [1.29, 1.82) is 0 Å². The highest BCUT2D eigenvalue weighted by molar-refractivity contribution is 6.00. The number of methoxy groups -OCH3 is 1. The van der Waals surface area contributed by atoms with Gasteiger partial charge < -0.3 is 24.4 Å². The third kappa shape index (κ3) is 4.62. The smallest absolute Gasteiger partial charge is 0.262 e. The van der Waals surface area contributed by atoms with Crippen LogP contribution in [0.1, 0.15) is 20.8 Å². The van der Waals surface area contributed by atoms with Crippen LogP contribution in [0.5, 0.6) is 17.2 Å². The summed E-state index contributed by atoms with van der Waals surface area (Å²) < 4.78 is 16.5. The lowest BCUT2D eigenvalue weighted by Gasteiger charge is -2.26. The topological polar surface area (TPSA) is 77.1 Å². The van der Waals surface area contributed by atoms with Gasteiger partial charge in [-0.3, -0.25) is 9.59 Å². The summed E-state index contributed by atoms with van der Waals surface area (Å²) >= 11 is 0. The molecule has 29 heavy (non-hydrogen) atoms. The summed E-state index contributed by atoms with van der Waals surface area (Å²) in [6, 6.07) is 12.3. The summed E-state index contributed by atoms with van der Waals surface area (Å²) in [4.78, 5) is 26.7. The van der Waals surface area contributed by atoms with Crippen molar-refractivity contribution in [3.8, 4) is 17.2 Å². The van der Waals surface area contributed by atoms with Crippen molar-refractivity contribution in [1.82, 2.24) is 0 Å². The molecule has 0 spiro atoms. The Labute approximate surface area is 170 Å². The molecule has 0 aliphatic carbocycles. The van der Waals surface area contributed by atoms with Crippen LogP contribution in [-0.2, 0) is 9.59 Å². The quantitative estimate of drug-likeness (QED) is 0.806. The Hall–Kier alpha value is -3.22. The molecule has 0 bridgehead atoms. The SMILES string of the molecule is CCN1C(=O)C(C)(C)COc2cc(NC(=O)COc3cccc(OC)c3)ccc21. The fourth-order valence-corrected chi connectivity index (χ4v) is 3.08. The Balaban J connectivity index is 1.69. The van der Waals surface area contributed by atoms with Gasteiger partial charge in [0.25, 0.3) is 5.91 Å². The molecular weight excluding hydrogens is 372 g/mol. The van der Waals surface area contributed by atoms with Crippen molar-refractivity contribution >= 4 is 23.2 Å². The van der Waals surface area contributed by atoms with Crippen LogP contribution in [0, 0.1) is 5.41 Å². The van der Waals surface area contributed by atoms with E-state index in [2.05, 4.69) is 5.32 Å². The zero-order valence-electron chi connectivity index (χ0n) is 17.2. The van der Waals surface area contributed by atoms with Gasteiger partial charge in [0.15, 0.2) is 6.61 Å². The number of ether oxygens (including phenoxy) is 3. The molecule has 3 rings (SSSR count). The van der Waals surface area contributed by atoms with Crippen molar-refractivity contribution in [2.45, 2.75) is 20.8 Å². The largest absolute Gasteiger partial charge is 0.497 e. The first kappa shape index (κ1) is 20.5. The van der Waals surface area contributed by atoms with Crippen molar-refractivity contribution < 1.29 is 23.8 Å². The molecular formula is C22H26N2O5. The predicted octanol–water partition coefficient (Wildman–Crippen LogP) is 3.48. The third-order valence-corrected chi connectivity index (χ3v) is 4.67. The van der Waals surface area contributed by atoms with Crippen LogP contribution in [0.25, 0.3) is 0 Å². The molecule has 0 saturated carbocycles. The van der Waals surface area contributed by atoms with Gasteiger partial charge in [-0.25, -0.2) is 0 Å². The molecule has 0 saturated heterocycles. The standard InChI is InChI=1S/C22H26N2O5/c1-5-24-18-10-9-15(11-19(18)29-14-22(2,3)21(24)26)23-20(25)13-28-17-8-6-7-16(12-17)27-4/h6-12H,5,13-14H2,1-4H3,(H,23,25). The molecule has 0 atom stereocenters. The first-order valence-electron chi connectivity index (χ1n) is 9.49. The minimum atomic E-state index is -0.622. The molecule has 2 amide bonds. The highest BCUT2D eigenvalue weighted by atomic mass is 16.5. The number of nitrogens with zero attached hydrogens (tertiary/aromatic N) is 1. The molecule has 7 nitrogen and oxygen atoms in total. The van der Waals surface area contributed by atoms with Crippen molar-refractivity contribution in [3.63, 3.8) is 0 Å². The molecule has 0 unspecified atom stereocenters. The van der Waals surface area contributed by atoms with Gasteiger partial charge in [-0.2, -0.15) is 0 Å². The molecule has 1 N–H and O–H groups in total. The lowest BCUT2D eigenvalue weighted by atomic mass is 9.93. The number of benzene rings is 2. The molecule has 0 radical (unpaired) electrons. The molecule has 1 heterocycles. The average molecular weight is 398 g/mol. The average Bonchev–Trinajstić information content (AvgIpc) is 2.81. The first-order chi connectivity index (χ1) is 13.8. The number of nitrogens with one attached hydrogen (secondary N) is 1. The number of fused-ring (bicyclic) bond motifs is 1. The van der Waals surface area contributed by atoms with Crippen LogP contribution in [0.3, 0.4) is 0 Å². The Bertz CT molecular complexity index is 910. The van der Waals surface area contributed by atoms with Gasteiger partial charge in [-0.15, -0.1) is 0 Å². The second kappa shape index (κ2) is 8.43. The Morgan fingerprint density at radius 2 is 1.97 bits per heavy atom. The van der Waals surface area contributed by atoms with Gasteiger partial charge >= 0.3 is 0 Å². The van der Waals surface area contributed by atoms with Crippen molar-refractivity contribution in [2.75, 3.05) is 37.1 Å². The fraction of sp³-hybridized carbons (Fsp3) is 0.364. The summed E-state index contributed by atoms with van der Waals surface area (Å²) in [6.45, 7) is 6.32. The molecule has 154 valence electrons. The van der Waals surface area contributed by atoms with E-state index in [4.69, 9.17) is 14.2 Å². The minimum absolute atomic E-state index is 0.0159. The number of amides is 2. The van der Waals surface area contributed by atoms with Gasteiger partial charge in [0.2, 0.25) is 5.91 Å². The maximum atomic E-state index is 12.7. The Morgan fingerprint density at radius 3 is 2.69 bits per heavy atom. The van der Waals surface area contributed by atoms with E-state index < -0.39 is 5.41 Å². The summed E-state index contributed by atoms with van der Waals surface area (Å²) in [5.74, 6) is 1.48. The van der Waals surface area contributed by atoms with Crippen molar-refractivity contribution in [2.24, 2.45) is 5.41 Å². The molecule has 0 fully saturated rings. The normalized spacial score (nSPS) is 15.0. The fourth-order valence-electron chi connectivity index (χ4n) is 3.08. The van der Waals surface area contributed by atoms with E-state index in [9.17, 15) is 9.59 Å². The van der Waals surface area contributed by atoms with E-state index in [1.165, 1.54) is 0 Å². The van der Waals surface area contributed by atoms with Crippen LogP contribution >= 0.6 is 0 Å².